The molecule has 103 heavy (non-hydrogen) atoms. The van der Waals surface area contributed by atoms with Crippen molar-refractivity contribution in [1.29, 1.82) is 0 Å². The van der Waals surface area contributed by atoms with Gasteiger partial charge in [-0.1, -0.05) is 252 Å². The van der Waals surface area contributed by atoms with Crippen LogP contribution in [0.1, 0.15) is 71.4 Å². The van der Waals surface area contributed by atoms with Crippen LogP contribution in [0.3, 0.4) is 0 Å². The second-order valence-corrected chi connectivity index (χ2v) is 24.6. The molecule has 0 fully saturated rings. The highest BCUT2D eigenvalue weighted by Crippen LogP contribution is 2.28. The number of aryl methyl sites for hydroxylation is 6. The molecule has 522 valence electrons. The van der Waals surface area contributed by atoms with Crippen molar-refractivity contribution < 1.29 is 33.5 Å². The van der Waals surface area contributed by atoms with E-state index in [1.165, 1.54) is 69.7 Å². The van der Waals surface area contributed by atoms with Crippen molar-refractivity contribution in [2.24, 2.45) is 11.5 Å². The van der Waals surface area contributed by atoms with E-state index in [4.69, 9.17) is 11.5 Å². The van der Waals surface area contributed by atoms with E-state index in [9.17, 15) is 28.8 Å². The van der Waals surface area contributed by atoms with Crippen LogP contribution in [0.2, 0.25) is 0 Å². The molecular formula is C89H89N7O7. The van der Waals surface area contributed by atoms with Gasteiger partial charge in [-0.3, -0.25) is 24.5 Å². The maximum Gasteiger partial charge on any atom is 0.411 e. The fraction of sp³-hybridized carbons (Fsp3) is 0.124. The zero-order chi connectivity index (χ0) is 74.4. The van der Waals surface area contributed by atoms with Crippen LogP contribution in [0.15, 0.2) is 291 Å². The monoisotopic (exact) mass is 1370 g/mol. The number of anilines is 3. The Hall–Kier alpha value is -12.9. The van der Waals surface area contributed by atoms with Crippen LogP contribution >= 0.6 is 0 Å². The molecule has 0 heterocycles. The number of benzene rings is 12. The molecular weight excluding hydrogens is 1280 g/mol. The van der Waals surface area contributed by atoms with Gasteiger partial charge in [-0.25, -0.2) is 9.59 Å². The highest BCUT2D eigenvalue weighted by Gasteiger charge is 2.10. The summed E-state index contributed by atoms with van der Waals surface area (Å²) in [6.07, 6.45) is -0.460. The fourth-order valence-electron chi connectivity index (χ4n) is 10.5. The zero-order valence-corrected chi connectivity index (χ0v) is 60.2. The minimum Gasteiger partial charge on any atom is -0.453 e. The number of amides is 7. The number of methoxy groups -OCH3 is 1. The average Bonchev–Trinajstić information content (AvgIpc) is 0.884. The van der Waals surface area contributed by atoms with Gasteiger partial charge in [0.05, 0.1) is 7.11 Å². The summed E-state index contributed by atoms with van der Waals surface area (Å²) >= 11 is 0. The second kappa shape index (κ2) is 39.0. The molecule has 14 heteroatoms. The summed E-state index contributed by atoms with van der Waals surface area (Å²) in [5.74, 6) is -0.462. The molecule has 0 spiro atoms. The summed E-state index contributed by atoms with van der Waals surface area (Å²) in [5.41, 5.74) is 35.6. The molecule has 0 aliphatic rings. The number of nitrogens with two attached hydrogens (primary N) is 2. The molecule has 0 aromatic heterocycles. The van der Waals surface area contributed by atoms with Crippen LogP contribution in [-0.2, 0) is 9.53 Å². The molecule has 7 amide bonds. The van der Waals surface area contributed by atoms with Crippen LogP contribution in [0.25, 0.3) is 66.8 Å². The van der Waals surface area contributed by atoms with Crippen molar-refractivity contribution >= 4 is 52.8 Å². The number of hydrogen-bond acceptors (Lipinski definition) is 7. The van der Waals surface area contributed by atoms with Crippen molar-refractivity contribution in [2.75, 3.05) is 44.2 Å². The second-order valence-electron chi connectivity index (χ2n) is 24.6. The number of primary amides is 2. The molecule has 14 nitrogen and oxygen atoms in total. The largest absolute Gasteiger partial charge is 0.453 e. The van der Waals surface area contributed by atoms with E-state index in [-0.39, 0.29) is 17.7 Å². The predicted octanol–water partition coefficient (Wildman–Crippen LogP) is 19.8. The summed E-state index contributed by atoms with van der Waals surface area (Å²) < 4.78 is 4.53. The van der Waals surface area contributed by atoms with Gasteiger partial charge >= 0.3 is 12.1 Å². The minimum absolute atomic E-state index is 0.0331. The Morgan fingerprint density at radius 2 is 0.573 bits per heavy atom. The summed E-state index contributed by atoms with van der Waals surface area (Å²) in [5, 5.41) is 10.5. The predicted molar refractivity (Wildman–Crippen MR) is 423 cm³/mol. The average molecular weight is 1370 g/mol. The first-order valence-electron chi connectivity index (χ1n) is 33.4. The van der Waals surface area contributed by atoms with E-state index in [1.807, 2.05) is 176 Å². The molecule has 8 N–H and O–H groups in total. The molecule has 0 radical (unpaired) electrons. The van der Waals surface area contributed by atoms with Crippen molar-refractivity contribution in [3.8, 4) is 66.8 Å². The van der Waals surface area contributed by atoms with E-state index < -0.39 is 18.0 Å². The van der Waals surface area contributed by atoms with Crippen molar-refractivity contribution in [3.05, 3.63) is 341 Å². The van der Waals surface area contributed by atoms with Crippen molar-refractivity contribution in [1.82, 2.24) is 10.2 Å². The number of ether oxygens (including phenoxy) is 1. The van der Waals surface area contributed by atoms with Crippen molar-refractivity contribution in [2.45, 2.75) is 48.5 Å². The van der Waals surface area contributed by atoms with Crippen LogP contribution < -0.4 is 32.7 Å². The van der Waals surface area contributed by atoms with Gasteiger partial charge in [-0.15, -0.1) is 0 Å². The maximum atomic E-state index is 11.8. The summed E-state index contributed by atoms with van der Waals surface area (Å²) in [7, 11) is 6.50. The molecule has 0 saturated carbocycles. The lowest BCUT2D eigenvalue weighted by Crippen LogP contribution is -2.21. The topological polar surface area (TPSA) is 215 Å². The Balaban J connectivity index is 0.000000173. The van der Waals surface area contributed by atoms with Gasteiger partial charge in [0.2, 0.25) is 11.8 Å². The molecule has 0 atom stereocenters. The van der Waals surface area contributed by atoms with Gasteiger partial charge in [0.25, 0.3) is 11.8 Å². The highest BCUT2D eigenvalue weighted by atomic mass is 16.5. The van der Waals surface area contributed by atoms with Gasteiger partial charge in [-0.05, 0) is 181 Å². The van der Waals surface area contributed by atoms with E-state index >= 15 is 0 Å². The third-order valence-corrected chi connectivity index (χ3v) is 15.9. The minimum atomic E-state index is -0.548. The van der Waals surface area contributed by atoms with E-state index in [2.05, 4.69) is 171 Å². The molecule has 0 bridgehead atoms. The standard InChI is InChI=1S/C16H17NO.C15H15NO2.2C15H15NO.C14H14N2O.C14H13NO/c1-12-5-4-6-15(11-12)13-7-9-14(10-8-13)16(18)17(2)3;1-11-4-3-5-13(10-11)12-6-8-14(9-7-12)16-15(17)18-2;1-11-4-3-5-14(10-11)12-6-8-13(9-7-12)15(17)16-2;1-11-4-3-5-14(10-11)13-6-8-15(9-7-13)16-12(2)17;1-10-3-2-4-12(9-10)11-5-7-13(8-6-11)16-14(15)17;1-10-3-2-4-13(9-10)11-5-7-12(8-6-11)14(15)16/h4-11H,1-3H3;3-10H,1-2H3,(H,16,17);2*3-10H,1-2H3,(H,16,17);2-9H,1H3,(H3,15,16,17);2-9H,1H3,(H2,15,16). The Labute approximate surface area is 605 Å². The van der Waals surface area contributed by atoms with E-state index in [0.29, 0.717) is 16.8 Å². The number of rotatable bonds is 12. The summed E-state index contributed by atoms with van der Waals surface area (Å²) in [4.78, 5) is 68.3. The lowest BCUT2D eigenvalue weighted by atomic mass is 10.0. The quantitative estimate of drug-likeness (QED) is 0.0695. The number of hydrogen-bond donors (Lipinski definition) is 6. The normalized spacial score (nSPS) is 10.0. The third kappa shape index (κ3) is 25.4. The SMILES string of the molecule is CC(=O)Nc1ccc(-c2cccc(C)c2)cc1.CNC(=O)c1ccc(-c2cccc(C)c2)cc1.COC(=O)Nc1ccc(-c2cccc(C)c2)cc1.Cc1cccc(-c2ccc(C(=O)N(C)C)cc2)c1.Cc1cccc(-c2ccc(C(N)=O)cc2)c1.Cc1cccc(-c2ccc(NC(N)=O)cc2)c1. The first-order chi connectivity index (χ1) is 49.4. The van der Waals surface area contributed by atoms with E-state index in [1.54, 1.807) is 38.2 Å². The first kappa shape index (κ1) is 77.4. The molecule has 12 rings (SSSR count). The fourth-order valence-corrected chi connectivity index (χ4v) is 10.5. The van der Waals surface area contributed by atoms with Gasteiger partial charge in [-0.2, -0.15) is 0 Å². The van der Waals surface area contributed by atoms with Crippen LogP contribution in [0.5, 0.6) is 0 Å². The molecule has 0 aliphatic carbocycles. The smallest absolute Gasteiger partial charge is 0.411 e. The number of carbonyl (C=O) groups excluding carboxylic acids is 6. The number of carbonyl (C=O) groups is 6. The lowest BCUT2D eigenvalue weighted by Gasteiger charge is -2.10. The number of nitrogens with zero attached hydrogens (tertiary/aromatic N) is 1. The molecule has 0 aliphatic heterocycles. The highest BCUT2D eigenvalue weighted by molar-refractivity contribution is 5.96. The molecule has 0 saturated heterocycles. The number of urea groups is 1. The van der Waals surface area contributed by atoms with E-state index in [0.717, 1.165) is 61.4 Å². The Morgan fingerprint density at radius 3 is 0.806 bits per heavy atom. The van der Waals surface area contributed by atoms with Gasteiger partial charge in [0.1, 0.15) is 0 Å². The summed E-state index contributed by atoms with van der Waals surface area (Å²) in [6.45, 7) is 13.9. The van der Waals surface area contributed by atoms with Crippen LogP contribution in [0.4, 0.5) is 26.7 Å². The zero-order valence-electron chi connectivity index (χ0n) is 60.2. The molecule has 12 aromatic rings. The third-order valence-electron chi connectivity index (χ3n) is 15.9. The van der Waals surface area contributed by atoms with Gasteiger partial charge in [0, 0.05) is 61.8 Å². The molecule has 0 unspecified atom stereocenters. The van der Waals surface area contributed by atoms with Gasteiger partial charge in [0.15, 0.2) is 0 Å². The Kier molecular flexibility index (Phi) is 29.3. The van der Waals surface area contributed by atoms with Gasteiger partial charge < -0.3 is 37.1 Å². The Morgan fingerprint density at radius 1 is 0.320 bits per heavy atom. The van der Waals surface area contributed by atoms with Crippen molar-refractivity contribution in [3.63, 3.8) is 0 Å². The molecule has 12 aromatic carbocycles. The first-order valence-corrected chi connectivity index (χ1v) is 33.4. The van der Waals surface area contributed by atoms with Crippen LogP contribution in [0, 0.1) is 41.5 Å². The lowest BCUT2D eigenvalue weighted by molar-refractivity contribution is -0.114. The Bertz CT molecular complexity index is 4680. The maximum absolute atomic E-state index is 11.8. The number of nitrogens with one attached hydrogen (secondary N) is 4. The van der Waals surface area contributed by atoms with Crippen LogP contribution in [-0.4, -0.2) is 68.9 Å². The summed E-state index contributed by atoms with van der Waals surface area (Å²) in [6, 6.07) is 95.1.